The Morgan fingerprint density at radius 2 is 1.78 bits per heavy atom. The lowest BCUT2D eigenvalue weighted by atomic mass is 9.87. The molecule has 202 valence electrons. The maximum atomic E-state index is 13.3. The van der Waals surface area contributed by atoms with Gasteiger partial charge in [-0.15, -0.1) is 11.3 Å². The molecule has 1 aliphatic carbocycles. The molecule has 1 amide bonds. The minimum Gasteiger partial charge on any atom is -0.375 e. The van der Waals surface area contributed by atoms with E-state index in [0.717, 1.165) is 48.8 Å². The second kappa shape index (κ2) is 13.3. The Kier molecular flexibility index (Phi) is 11.3. The third-order valence-electron chi connectivity index (χ3n) is 6.01. The van der Waals surface area contributed by atoms with E-state index in [0.29, 0.717) is 12.3 Å². The first-order chi connectivity index (χ1) is 16.6. The highest BCUT2D eigenvalue weighted by molar-refractivity contribution is 7.90. The van der Waals surface area contributed by atoms with E-state index in [2.05, 4.69) is 10.3 Å². The molecular formula is C24H37N2O7PS2. The highest BCUT2D eigenvalue weighted by Crippen LogP contribution is 2.59. The van der Waals surface area contributed by atoms with Crippen LogP contribution in [-0.2, 0) is 28.2 Å². The summed E-state index contributed by atoms with van der Waals surface area (Å²) in [6.45, 7) is 3.50. The molecule has 0 bridgehead atoms. The number of hydrogen-bond acceptors (Lipinski definition) is 9. The van der Waals surface area contributed by atoms with Crippen LogP contribution in [0.1, 0.15) is 76.4 Å². The summed E-state index contributed by atoms with van der Waals surface area (Å²) < 4.78 is 46.9. The van der Waals surface area contributed by atoms with Gasteiger partial charge in [-0.2, -0.15) is 0 Å². The largest absolute Gasteiger partial charge is 0.375 e. The molecule has 0 spiro atoms. The summed E-state index contributed by atoms with van der Waals surface area (Å²) in [7, 11) is -7.16. The number of aliphatic hydroxyl groups excluding tert-OH is 1. The predicted octanol–water partition coefficient (Wildman–Crippen LogP) is 5.74. The molecule has 1 fully saturated rings. The van der Waals surface area contributed by atoms with Gasteiger partial charge in [0.25, 0.3) is 0 Å². The molecule has 1 aliphatic rings. The van der Waals surface area contributed by atoms with E-state index in [1.807, 2.05) is 0 Å². The summed E-state index contributed by atoms with van der Waals surface area (Å²) in [5.74, 6) is -1.90. The first kappa shape index (κ1) is 30.6. The van der Waals surface area contributed by atoms with Crippen LogP contribution in [0, 0.1) is 5.92 Å². The Balaban J connectivity index is 0.00000456. The van der Waals surface area contributed by atoms with Crippen LogP contribution in [0.15, 0.2) is 34.5 Å². The zero-order valence-corrected chi connectivity index (χ0v) is 22.7. The number of sulfone groups is 1. The van der Waals surface area contributed by atoms with E-state index in [1.165, 1.54) is 17.5 Å². The van der Waals surface area contributed by atoms with E-state index in [-0.39, 0.29) is 42.3 Å². The van der Waals surface area contributed by atoms with Gasteiger partial charge in [0.2, 0.25) is 5.91 Å². The molecule has 1 saturated carbocycles. The Bertz CT molecular complexity index is 1140. The molecule has 1 unspecified atom stereocenters. The molecule has 0 aliphatic heterocycles. The fourth-order valence-electron chi connectivity index (χ4n) is 4.28. The summed E-state index contributed by atoms with van der Waals surface area (Å²) in [5, 5.41) is 15.2. The van der Waals surface area contributed by atoms with Gasteiger partial charge in [-0.25, -0.2) is 13.4 Å². The lowest BCUT2D eigenvalue weighted by molar-refractivity contribution is -0.118. The van der Waals surface area contributed by atoms with Gasteiger partial charge < -0.3 is 19.5 Å². The fraction of sp³-hybridized carbons (Fsp3) is 0.583. The molecule has 9 nitrogen and oxygen atoms in total. The van der Waals surface area contributed by atoms with E-state index >= 15 is 0 Å². The van der Waals surface area contributed by atoms with E-state index < -0.39 is 29.2 Å². The number of amides is 1. The summed E-state index contributed by atoms with van der Waals surface area (Å²) >= 11 is 1.11. The van der Waals surface area contributed by atoms with Crippen molar-refractivity contribution < 1.29 is 31.9 Å². The Morgan fingerprint density at radius 3 is 2.31 bits per heavy atom. The number of aromatic nitrogens is 1. The van der Waals surface area contributed by atoms with Crippen LogP contribution in [0.25, 0.3) is 0 Å². The maximum Gasteiger partial charge on any atom is 0.365 e. The second-order valence-electron chi connectivity index (χ2n) is 8.60. The highest BCUT2D eigenvalue weighted by Gasteiger charge is 2.37. The van der Waals surface area contributed by atoms with Crippen molar-refractivity contribution in [1.29, 1.82) is 0 Å². The number of carbonyl (C=O) groups excluding carboxylic acids is 1. The predicted molar refractivity (Wildman–Crippen MR) is 142 cm³/mol. The van der Waals surface area contributed by atoms with Crippen molar-refractivity contribution in [3.63, 3.8) is 0 Å². The zero-order chi connectivity index (χ0) is 25.6. The summed E-state index contributed by atoms with van der Waals surface area (Å²) in [4.78, 5) is 17.8. The number of nitrogens with one attached hydrogen (secondary N) is 1. The Morgan fingerprint density at radius 1 is 1.19 bits per heavy atom. The normalized spacial score (nSPS) is 16.3. The molecule has 0 saturated heterocycles. The van der Waals surface area contributed by atoms with Gasteiger partial charge in [0, 0.05) is 11.6 Å². The van der Waals surface area contributed by atoms with Gasteiger partial charge in [0.1, 0.15) is 0 Å². The molecule has 2 aromatic rings. The molecule has 2 N–H and O–H groups in total. The number of carbonyl (C=O) groups is 1. The van der Waals surface area contributed by atoms with Crippen molar-refractivity contribution in [1.82, 2.24) is 4.98 Å². The third-order valence-corrected chi connectivity index (χ3v) is 10.0. The molecule has 12 heteroatoms. The maximum absolute atomic E-state index is 13.3. The van der Waals surface area contributed by atoms with Gasteiger partial charge in [-0.1, -0.05) is 45.2 Å². The zero-order valence-electron chi connectivity index (χ0n) is 20.2. The number of benzene rings is 1. The number of hydrogen-bond donors (Lipinski definition) is 2. The van der Waals surface area contributed by atoms with E-state index in [1.54, 1.807) is 26.0 Å². The topological polar surface area (TPSA) is 132 Å². The van der Waals surface area contributed by atoms with Crippen molar-refractivity contribution in [2.45, 2.75) is 70.0 Å². The number of anilines is 1. The molecule has 3 rings (SSSR count). The summed E-state index contributed by atoms with van der Waals surface area (Å²) in [5.41, 5.74) is 0.830. The first-order valence-electron chi connectivity index (χ1n) is 11.7. The third kappa shape index (κ3) is 7.69. The Labute approximate surface area is 218 Å². The SMILES string of the molecule is C.CCOP(=O)(OCC)C(O)c1csc(NC(=O)[C@H](CC2CCCC2)c2ccc(S(C)(=O)=O)cc2)n1. The van der Waals surface area contributed by atoms with Crippen LogP contribution < -0.4 is 5.32 Å². The molecule has 1 aromatic heterocycles. The molecule has 0 radical (unpaired) electrons. The molecular weight excluding hydrogens is 523 g/mol. The molecule has 1 heterocycles. The van der Waals surface area contributed by atoms with Crippen molar-refractivity contribution in [3.05, 3.63) is 40.9 Å². The molecule has 1 aromatic carbocycles. The van der Waals surface area contributed by atoms with Gasteiger partial charge in [0.05, 0.1) is 29.7 Å². The van der Waals surface area contributed by atoms with Crippen molar-refractivity contribution in [2.75, 3.05) is 24.8 Å². The Hall–Kier alpha value is -1.62. The quantitative estimate of drug-likeness (QED) is 0.314. The van der Waals surface area contributed by atoms with E-state index in [9.17, 15) is 22.9 Å². The summed E-state index contributed by atoms with van der Waals surface area (Å²) in [6, 6.07) is 6.42. The van der Waals surface area contributed by atoms with Crippen LogP contribution >= 0.6 is 18.9 Å². The van der Waals surface area contributed by atoms with Crippen LogP contribution in [0.3, 0.4) is 0 Å². The number of thiazole rings is 1. The van der Waals surface area contributed by atoms with Gasteiger partial charge in [-0.05, 0) is 43.9 Å². The lowest BCUT2D eigenvalue weighted by Gasteiger charge is -2.21. The van der Waals surface area contributed by atoms with Crippen LogP contribution in [0.2, 0.25) is 0 Å². The molecule has 36 heavy (non-hydrogen) atoms. The molecule has 2 atom stereocenters. The minimum absolute atomic E-state index is 0. The fourth-order valence-corrected chi connectivity index (χ4v) is 7.27. The van der Waals surface area contributed by atoms with Crippen molar-refractivity contribution in [3.8, 4) is 0 Å². The average Bonchev–Trinajstić information content (AvgIpc) is 3.49. The number of rotatable bonds is 12. The minimum atomic E-state index is -3.82. The second-order valence-corrected chi connectivity index (χ2v) is 13.6. The van der Waals surface area contributed by atoms with Crippen LogP contribution in [0.5, 0.6) is 0 Å². The first-order valence-corrected chi connectivity index (χ1v) is 16.1. The standard InChI is InChI=1S/C23H33N2O7PS2.CH4/c1-4-31-33(28,32-5-2)22(27)20-15-34-23(24-20)25-21(26)19(14-16-8-6-7-9-16)17-10-12-18(13-11-17)35(3,29)30;/h10-13,15-16,19,22,27H,4-9,14H2,1-3H3,(H,24,25,26);1H4/t19-,22?;/m1./s1. The lowest BCUT2D eigenvalue weighted by Crippen LogP contribution is -2.23. The van der Waals surface area contributed by atoms with Gasteiger partial charge in [-0.3, -0.25) is 9.36 Å². The summed E-state index contributed by atoms with van der Waals surface area (Å²) in [6.07, 6.45) is 6.19. The van der Waals surface area contributed by atoms with Crippen LogP contribution in [-0.4, -0.2) is 43.9 Å². The highest BCUT2D eigenvalue weighted by atomic mass is 32.2. The smallest absolute Gasteiger partial charge is 0.365 e. The van der Waals surface area contributed by atoms with Crippen molar-refractivity contribution >= 4 is 39.8 Å². The van der Waals surface area contributed by atoms with Crippen LogP contribution in [0.4, 0.5) is 5.13 Å². The number of aliphatic hydroxyl groups is 1. The monoisotopic (exact) mass is 560 g/mol. The number of nitrogens with zero attached hydrogens (tertiary/aromatic N) is 1. The van der Waals surface area contributed by atoms with Gasteiger partial charge in [0.15, 0.2) is 20.8 Å². The van der Waals surface area contributed by atoms with Gasteiger partial charge >= 0.3 is 7.60 Å². The average molecular weight is 561 g/mol. The van der Waals surface area contributed by atoms with Crippen molar-refractivity contribution in [2.24, 2.45) is 5.92 Å². The van der Waals surface area contributed by atoms with E-state index in [4.69, 9.17) is 9.05 Å².